The topological polar surface area (TPSA) is 76.7 Å². The molecule has 0 aromatic heterocycles. The summed E-state index contributed by atoms with van der Waals surface area (Å²) in [5.74, 6) is 0. The molecule has 2 amide bonds. The first kappa shape index (κ1) is 25.0. The molecular weight excluding hydrogens is 510 g/mol. The number of carbonyl (C=O) groups is 2. The van der Waals surface area contributed by atoms with E-state index in [-0.39, 0.29) is 13.2 Å². The van der Waals surface area contributed by atoms with Gasteiger partial charge in [-0.15, -0.1) is 0 Å². The summed E-state index contributed by atoms with van der Waals surface area (Å²) in [6.45, 7) is 1.74. The van der Waals surface area contributed by atoms with Crippen molar-refractivity contribution in [2.45, 2.75) is 20.1 Å². The highest BCUT2D eigenvalue weighted by Gasteiger charge is 2.11. The van der Waals surface area contributed by atoms with Crippen LogP contribution in [0.2, 0.25) is 20.1 Å². The molecule has 172 valence electrons. The van der Waals surface area contributed by atoms with Crippen LogP contribution >= 0.6 is 46.4 Å². The molecule has 0 unspecified atom stereocenters. The van der Waals surface area contributed by atoms with Crippen LogP contribution in [0.25, 0.3) is 0 Å². The molecule has 0 heterocycles. The summed E-state index contributed by atoms with van der Waals surface area (Å²) in [5.41, 5.74) is 2.88. The van der Waals surface area contributed by atoms with Crippen molar-refractivity contribution >= 4 is 70.0 Å². The van der Waals surface area contributed by atoms with Crippen molar-refractivity contribution in [1.82, 2.24) is 0 Å². The SMILES string of the molecule is Cc1ccc(NC(=O)OCc2ccc(Cl)cc2Cl)cc1NC(=O)OCc1ccc(Cl)cc1Cl. The molecular formula is C23H18Cl4N2O4. The minimum Gasteiger partial charge on any atom is -0.444 e. The lowest BCUT2D eigenvalue weighted by molar-refractivity contribution is 0.154. The number of hydrogen-bond acceptors (Lipinski definition) is 4. The Morgan fingerprint density at radius 1 is 0.727 bits per heavy atom. The predicted octanol–water partition coefficient (Wildman–Crippen LogP) is 8.11. The highest BCUT2D eigenvalue weighted by molar-refractivity contribution is 6.35. The Kier molecular flexibility index (Phi) is 8.69. The first-order valence-corrected chi connectivity index (χ1v) is 11.1. The molecule has 0 spiro atoms. The molecule has 6 nitrogen and oxygen atoms in total. The quantitative estimate of drug-likeness (QED) is 0.339. The van der Waals surface area contributed by atoms with Gasteiger partial charge >= 0.3 is 12.2 Å². The number of halogens is 4. The highest BCUT2D eigenvalue weighted by atomic mass is 35.5. The number of amides is 2. The van der Waals surface area contributed by atoms with E-state index in [1.54, 1.807) is 61.5 Å². The number of aryl methyl sites for hydroxylation is 1. The van der Waals surface area contributed by atoms with Gasteiger partial charge < -0.3 is 9.47 Å². The molecule has 3 aromatic rings. The normalized spacial score (nSPS) is 10.5. The average Bonchev–Trinajstić information content (AvgIpc) is 2.75. The van der Waals surface area contributed by atoms with Gasteiger partial charge in [-0.05, 0) is 48.9 Å². The van der Waals surface area contributed by atoms with Crippen LogP contribution in [0.15, 0.2) is 54.6 Å². The second kappa shape index (κ2) is 11.5. The summed E-state index contributed by atoms with van der Waals surface area (Å²) >= 11 is 23.9. The molecule has 0 radical (unpaired) electrons. The highest BCUT2D eigenvalue weighted by Crippen LogP contribution is 2.24. The Hall–Kier alpha value is -2.64. The molecule has 3 aromatic carbocycles. The second-order valence-electron chi connectivity index (χ2n) is 6.90. The zero-order valence-electron chi connectivity index (χ0n) is 17.3. The van der Waals surface area contributed by atoms with Crippen LogP contribution in [0.5, 0.6) is 0 Å². The van der Waals surface area contributed by atoms with Crippen molar-refractivity contribution in [2.24, 2.45) is 0 Å². The van der Waals surface area contributed by atoms with Gasteiger partial charge in [-0.2, -0.15) is 0 Å². The van der Waals surface area contributed by atoms with Gasteiger partial charge in [0, 0.05) is 42.6 Å². The lowest BCUT2D eigenvalue weighted by atomic mass is 10.2. The van der Waals surface area contributed by atoms with Crippen LogP contribution < -0.4 is 10.6 Å². The van der Waals surface area contributed by atoms with Crippen molar-refractivity contribution in [3.8, 4) is 0 Å². The van der Waals surface area contributed by atoms with Crippen molar-refractivity contribution in [1.29, 1.82) is 0 Å². The molecule has 0 bridgehead atoms. The van der Waals surface area contributed by atoms with Crippen molar-refractivity contribution in [3.05, 3.63) is 91.4 Å². The van der Waals surface area contributed by atoms with Gasteiger partial charge in [-0.1, -0.05) is 64.6 Å². The van der Waals surface area contributed by atoms with E-state index in [1.807, 2.05) is 0 Å². The summed E-state index contributed by atoms with van der Waals surface area (Å²) in [7, 11) is 0. The summed E-state index contributed by atoms with van der Waals surface area (Å²) in [4.78, 5) is 24.4. The fraction of sp³-hybridized carbons (Fsp3) is 0.130. The van der Waals surface area contributed by atoms with Gasteiger partial charge in [-0.25, -0.2) is 9.59 Å². The predicted molar refractivity (Wildman–Crippen MR) is 132 cm³/mol. The molecule has 0 fully saturated rings. The minimum atomic E-state index is -0.684. The maximum absolute atomic E-state index is 12.2. The molecule has 33 heavy (non-hydrogen) atoms. The summed E-state index contributed by atoms with van der Waals surface area (Å²) in [6, 6.07) is 14.8. The maximum atomic E-state index is 12.2. The number of benzene rings is 3. The molecule has 2 N–H and O–H groups in total. The maximum Gasteiger partial charge on any atom is 0.411 e. The molecule has 0 saturated heterocycles. The smallest absolute Gasteiger partial charge is 0.411 e. The van der Waals surface area contributed by atoms with E-state index in [2.05, 4.69) is 10.6 Å². The summed E-state index contributed by atoms with van der Waals surface area (Å²) < 4.78 is 10.4. The Bertz CT molecular complexity index is 1190. The standard InChI is InChI=1S/C23H18Cl4N2O4/c1-13-2-7-18(28-22(30)32-11-14-3-5-16(24)8-19(14)26)10-21(13)29-23(31)33-12-15-4-6-17(25)9-20(15)27/h2-10H,11-12H2,1H3,(H,28,30)(H,29,31). The van der Waals surface area contributed by atoms with Gasteiger partial charge in [-0.3, -0.25) is 10.6 Å². The Morgan fingerprint density at radius 2 is 1.24 bits per heavy atom. The Morgan fingerprint density at radius 3 is 1.76 bits per heavy atom. The number of rotatable bonds is 6. The van der Waals surface area contributed by atoms with Crippen LogP contribution in [0.1, 0.15) is 16.7 Å². The van der Waals surface area contributed by atoms with Crippen molar-refractivity contribution in [2.75, 3.05) is 10.6 Å². The van der Waals surface area contributed by atoms with E-state index >= 15 is 0 Å². The van der Waals surface area contributed by atoms with Crippen LogP contribution in [0.3, 0.4) is 0 Å². The second-order valence-corrected chi connectivity index (χ2v) is 8.59. The van der Waals surface area contributed by atoms with Gasteiger partial charge in [0.05, 0.1) is 0 Å². The van der Waals surface area contributed by atoms with Crippen LogP contribution in [0, 0.1) is 6.92 Å². The fourth-order valence-corrected chi connectivity index (χ4v) is 3.62. The monoisotopic (exact) mass is 526 g/mol. The first-order valence-electron chi connectivity index (χ1n) is 9.57. The van der Waals surface area contributed by atoms with Crippen LogP contribution in [0.4, 0.5) is 21.0 Å². The molecule has 0 aliphatic heterocycles. The zero-order chi connectivity index (χ0) is 24.0. The Balaban J connectivity index is 1.55. The lowest BCUT2D eigenvalue weighted by Crippen LogP contribution is -2.16. The lowest BCUT2D eigenvalue weighted by Gasteiger charge is -2.13. The third-order valence-electron chi connectivity index (χ3n) is 4.47. The van der Waals surface area contributed by atoms with E-state index in [4.69, 9.17) is 55.9 Å². The van der Waals surface area contributed by atoms with Crippen LogP contribution in [-0.2, 0) is 22.7 Å². The van der Waals surface area contributed by atoms with E-state index in [1.165, 1.54) is 0 Å². The fourth-order valence-electron chi connectivity index (χ4n) is 2.70. The van der Waals surface area contributed by atoms with Crippen molar-refractivity contribution in [3.63, 3.8) is 0 Å². The average molecular weight is 528 g/mol. The van der Waals surface area contributed by atoms with Gasteiger partial charge in [0.1, 0.15) is 13.2 Å². The Labute approximate surface area is 210 Å². The minimum absolute atomic E-state index is 0.0294. The first-order chi connectivity index (χ1) is 15.7. The zero-order valence-corrected chi connectivity index (χ0v) is 20.3. The molecule has 0 atom stereocenters. The van der Waals surface area contributed by atoms with Gasteiger partial charge in [0.2, 0.25) is 0 Å². The largest absolute Gasteiger partial charge is 0.444 e. The molecule has 0 aliphatic carbocycles. The number of nitrogens with one attached hydrogen (secondary N) is 2. The molecule has 10 heteroatoms. The van der Waals surface area contributed by atoms with Gasteiger partial charge in [0.15, 0.2) is 0 Å². The number of anilines is 2. The molecule has 0 saturated carbocycles. The summed E-state index contributed by atoms with van der Waals surface area (Å²) in [6.07, 6.45) is -1.36. The number of hydrogen-bond donors (Lipinski definition) is 2. The van der Waals surface area contributed by atoms with Crippen molar-refractivity contribution < 1.29 is 19.1 Å². The number of ether oxygens (including phenoxy) is 2. The number of carbonyl (C=O) groups excluding carboxylic acids is 2. The van der Waals surface area contributed by atoms with E-state index < -0.39 is 12.2 Å². The van der Waals surface area contributed by atoms with E-state index in [9.17, 15) is 9.59 Å². The molecule has 0 aliphatic rings. The summed E-state index contributed by atoms with van der Waals surface area (Å²) in [5, 5.41) is 7.02. The van der Waals surface area contributed by atoms with Gasteiger partial charge in [0.25, 0.3) is 0 Å². The molecule has 3 rings (SSSR count). The third kappa shape index (κ3) is 7.44. The third-order valence-corrected chi connectivity index (χ3v) is 5.64. The van der Waals surface area contributed by atoms with E-state index in [0.29, 0.717) is 42.6 Å². The van der Waals surface area contributed by atoms with Crippen LogP contribution in [-0.4, -0.2) is 12.2 Å². The van der Waals surface area contributed by atoms with E-state index in [0.717, 1.165) is 5.56 Å².